The molecule has 4 unspecified atom stereocenters. The fourth-order valence-corrected chi connectivity index (χ4v) is 2.92. The Bertz CT molecular complexity index is 425. The third-order valence-electron chi connectivity index (χ3n) is 4.38. The van der Waals surface area contributed by atoms with Crippen molar-refractivity contribution in [3.05, 3.63) is 11.4 Å². The molecular formula is C16H29N3O3. The molecule has 6 heteroatoms. The fraction of sp³-hybridized carbons (Fsp3) is 0.812. The summed E-state index contributed by atoms with van der Waals surface area (Å²) in [7, 11) is 0. The van der Waals surface area contributed by atoms with Gasteiger partial charge < -0.3 is 25.8 Å². The molecule has 1 saturated heterocycles. The molecule has 4 atom stereocenters. The van der Waals surface area contributed by atoms with E-state index in [4.69, 9.17) is 4.74 Å². The first kappa shape index (κ1) is 17.1. The van der Waals surface area contributed by atoms with Gasteiger partial charge in [-0.3, -0.25) is 4.79 Å². The lowest BCUT2D eigenvalue weighted by atomic mass is 10.1. The third-order valence-corrected chi connectivity index (χ3v) is 4.38. The smallest absolute Gasteiger partial charge is 0.252 e. The molecule has 0 spiro atoms. The van der Waals surface area contributed by atoms with Gasteiger partial charge in [0.05, 0.1) is 17.8 Å². The quantitative estimate of drug-likeness (QED) is 0.563. The van der Waals surface area contributed by atoms with Gasteiger partial charge in [0.1, 0.15) is 12.0 Å². The summed E-state index contributed by atoms with van der Waals surface area (Å²) in [5.74, 6) is 0.651. The Morgan fingerprint density at radius 3 is 2.77 bits per heavy atom. The number of hydrogen-bond donors (Lipinski definition) is 4. The number of aliphatic hydroxyl groups excluding tert-OH is 1. The Hall–Kier alpha value is -1.27. The van der Waals surface area contributed by atoms with Gasteiger partial charge in [-0.1, -0.05) is 6.92 Å². The highest BCUT2D eigenvalue weighted by molar-refractivity contribution is 5.95. The van der Waals surface area contributed by atoms with Crippen LogP contribution in [-0.2, 0) is 9.53 Å². The minimum atomic E-state index is -0.128. The van der Waals surface area contributed by atoms with Gasteiger partial charge in [-0.05, 0) is 33.1 Å². The Morgan fingerprint density at radius 1 is 1.41 bits per heavy atom. The zero-order valence-corrected chi connectivity index (χ0v) is 13.8. The summed E-state index contributed by atoms with van der Waals surface area (Å²) in [6.45, 7) is 6.22. The molecule has 2 rings (SSSR count). The predicted octanol–water partition coefficient (Wildman–Crippen LogP) is 0.972. The molecule has 2 aliphatic heterocycles. The van der Waals surface area contributed by atoms with Crippen molar-refractivity contribution in [1.29, 1.82) is 0 Å². The van der Waals surface area contributed by atoms with E-state index < -0.39 is 0 Å². The summed E-state index contributed by atoms with van der Waals surface area (Å²) in [6, 6.07) is 0.269. The van der Waals surface area contributed by atoms with Crippen LogP contribution in [0.3, 0.4) is 0 Å². The topological polar surface area (TPSA) is 82.6 Å². The van der Waals surface area contributed by atoms with Gasteiger partial charge in [0, 0.05) is 25.5 Å². The molecule has 0 aromatic carbocycles. The summed E-state index contributed by atoms with van der Waals surface area (Å²) in [5.41, 5.74) is 0.597. The summed E-state index contributed by atoms with van der Waals surface area (Å²) < 4.78 is 5.84. The standard InChI is InChI=1S/C16H29N3O3/c1-4-10(2)17-15-13(7-8-20)16(21)19-14(18-15)9-12-6-5-11(3)22-12/h10-12,14,17-18,20H,4-9H2,1-3H3,(H,19,21). The van der Waals surface area contributed by atoms with Crippen LogP contribution in [0.4, 0.5) is 0 Å². The SMILES string of the molecule is CCC(C)NC1=C(CCO)C(=O)NC(CC2CCC(C)O2)N1. The fourth-order valence-electron chi connectivity index (χ4n) is 2.92. The average Bonchev–Trinajstić information content (AvgIpc) is 2.87. The van der Waals surface area contributed by atoms with Crippen LogP contribution in [-0.4, -0.2) is 42.0 Å². The lowest BCUT2D eigenvalue weighted by molar-refractivity contribution is -0.119. The molecule has 4 N–H and O–H groups in total. The lowest BCUT2D eigenvalue weighted by Crippen LogP contribution is -2.55. The van der Waals surface area contributed by atoms with E-state index in [1.165, 1.54) is 0 Å². The first-order valence-electron chi connectivity index (χ1n) is 8.36. The van der Waals surface area contributed by atoms with Crippen LogP contribution in [0, 0.1) is 0 Å². The van der Waals surface area contributed by atoms with Crippen molar-refractivity contribution in [3.63, 3.8) is 0 Å². The number of amides is 1. The van der Waals surface area contributed by atoms with Crippen LogP contribution in [0.25, 0.3) is 0 Å². The molecule has 2 heterocycles. The maximum Gasteiger partial charge on any atom is 0.252 e. The molecule has 0 aromatic rings. The van der Waals surface area contributed by atoms with E-state index in [1.54, 1.807) is 0 Å². The molecule has 0 aromatic heterocycles. The zero-order valence-electron chi connectivity index (χ0n) is 13.8. The van der Waals surface area contributed by atoms with Crippen LogP contribution in [0.2, 0.25) is 0 Å². The average molecular weight is 311 g/mol. The van der Waals surface area contributed by atoms with Gasteiger partial charge in [-0.25, -0.2) is 0 Å². The van der Waals surface area contributed by atoms with E-state index >= 15 is 0 Å². The van der Waals surface area contributed by atoms with Gasteiger partial charge in [0.15, 0.2) is 0 Å². The summed E-state index contributed by atoms with van der Waals surface area (Å²) >= 11 is 0. The Labute approximate surface area is 132 Å². The minimum Gasteiger partial charge on any atom is -0.396 e. The number of ether oxygens (including phenoxy) is 1. The highest BCUT2D eigenvalue weighted by atomic mass is 16.5. The van der Waals surface area contributed by atoms with E-state index in [9.17, 15) is 9.90 Å². The largest absolute Gasteiger partial charge is 0.396 e. The van der Waals surface area contributed by atoms with Crippen molar-refractivity contribution >= 4 is 5.91 Å². The van der Waals surface area contributed by atoms with Gasteiger partial charge >= 0.3 is 0 Å². The van der Waals surface area contributed by atoms with E-state index in [2.05, 4.69) is 36.7 Å². The van der Waals surface area contributed by atoms with E-state index in [1.807, 2.05) is 0 Å². The van der Waals surface area contributed by atoms with Crippen molar-refractivity contribution in [3.8, 4) is 0 Å². The van der Waals surface area contributed by atoms with Crippen molar-refractivity contribution in [1.82, 2.24) is 16.0 Å². The van der Waals surface area contributed by atoms with Crippen molar-refractivity contribution in [2.24, 2.45) is 0 Å². The van der Waals surface area contributed by atoms with Crippen molar-refractivity contribution < 1.29 is 14.6 Å². The van der Waals surface area contributed by atoms with E-state index in [0.717, 1.165) is 31.5 Å². The van der Waals surface area contributed by atoms with Gasteiger partial charge in [-0.2, -0.15) is 0 Å². The van der Waals surface area contributed by atoms with Crippen LogP contribution in [0.1, 0.15) is 52.9 Å². The molecule has 1 fully saturated rings. The maximum atomic E-state index is 12.3. The maximum absolute atomic E-state index is 12.3. The Kier molecular flexibility index (Phi) is 6.08. The molecule has 0 radical (unpaired) electrons. The second-order valence-corrected chi connectivity index (χ2v) is 6.33. The minimum absolute atomic E-state index is 0.0377. The Balaban J connectivity index is 2.03. The first-order valence-corrected chi connectivity index (χ1v) is 8.36. The first-order chi connectivity index (χ1) is 10.5. The number of rotatable bonds is 7. The number of nitrogens with one attached hydrogen (secondary N) is 3. The second-order valence-electron chi connectivity index (χ2n) is 6.33. The summed E-state index contributed by atoms with van der Waals surface area (Å²) in [4.78, 5) is 12.3. The molecule has 126 valence electrons. The second kappa shape index (κ2) is 7.83. The van der Waals surface area contributed by atoms with E-state index in [0.29, 0.717) is 18.1 Å². The monoisotopic (exact) mass is 311 g/mol. The Morgan fingerprint density at radius 2 is 2.18 bits per heavy atom. The molecule has 0 aliphatic carbocycles. The van der Waals surface area contributed by atoms with Gasteiger partial charge in [0.2, 0.25) is 0 Å². The van der Waals surface area contributed by atoms with Gasteiger partial charge in [-0.15, -0.1) is 0 Å². The zero-order chi connectivity index (χ0) is 16.1. The van der Waals surface area contributed by atoms with Crippen LogP contribution < -0.4 is 16.0 Å². The molecule has 1 amide bonds. The number of hydrogen-bond acceptors (Lipinski definition) is 5. The highest BCUT2D eigenvalue weighted by Crippen LogP contribution is 2.23. The van der Waals surface area contributed by atoms with Crippen LogP contribution in [0.15, 0.2) is 11.4 Å². The van der Waals surface area contributed by atoms with Crippen LogP contribution >= 0.6 is 0 Å². The van der Waals surface area contributed by atoms with Crippen molar-refractivity contribution in [2.75, 3.05) is 6.61 Å². The highest BCUT2D eigenvalue weighted by Gasteiger charge is 2.30. The molecule has 0 saturated carbocycles. The number of carbonyl (C=O) groups is 1. The predicted molar refractivity (Wildman–Crippen MR) is 84.9 cm³/mol. The lowest BCUT2D eigenvalue weighted by Gasteiger charge is -2.33. The van der Waals surface area contributed by atoms with Crippen LogP contribution in [0.5, 0.6) is 0 Å². The number of aliphatic hydroxyl groups is 1. The molecule has 2 aliphatic rings. The summed E-state index contributed by atoms with van der Waals surface area (Å²) in [6.07, 6.45) is 4.56. The van der Waals surface area contributed by atoms with Crippen molar-refractivity contribution in [2.45, 2.75) is 77.3 Å². The molecule has 6 nitrogen and oxygen atoms in total. The van der Waals surface area contributed by atoms with E-state index in [-0.39, 0.29) is 30.8 Å². The number of carbonyl (C=O) groups excluding carboxylic acids is 1. The molecule has 0 bridgehead atoms. The summed E-state index contributed by atoms with van der Waals surface area (Å²) in [5, 5.41) is 18.9. The molecule has 22 heavy (non-hydrogen) atoms. The van der Waals surface area contributed by atoms with Gasteiger partial charge in [0.25, 0.3) is 5.91 Å². The molecular weight excluding hydrogens is 282 g/mol. The third kappa shape index (κ3) is 4.36. The normalized spacial score (nSPS) is 30.0.